The number of halogens is 2. The van der Waals surface area contributed by atoms with E-state index in [0.717, 1.165) is 5.56 Å². The number of hydrogen-bond acceptors (Lipinski definition) is 2. The molecular formula is C20H20Cl2N2O2. The molecule has 0 aliphatic rings. The van der Waals surface area contributed by atoms with Crippen molar-refractivity contribution in [1.82, 2.24) is 4.90 Å². The van der Waals surface area contributed by atoms with Gasteiger partial charge in [0.05, 0.1) is 0 Å². The van der Waals surface area contributed by atoms with E-state index in [4.69, 9.17) is 23.2 Å². The zero-order chi connectivity index (χ0) is 19.1. The topological polar surface area (TPSA) is 49.4 Å². The molecule has 2 rings (SSSR count). The molecule has 136 valence electrons. The lowest BCUT2D eigenvalue weighted by Crippen LogP contribution is -2.28. The highest BCUT2D eigenvalue weighted by molar-refractivity contribution is 6.37. The Morgan fingerprint density at radius 2 is 1.73 bits per heavy atom. The Balaban J connectivity index is 2.14. The molecule has 0 saturated heterocycles. The summed E-state index contributed by atoms with van der Waals surface area (Å²) < 4.78 is 0. The van der Waals surface area contributed by atoms with Gasteiger partial charge in [-0.1, -0.05) is 47.5 Å². The summed E-state index contributed by atoms with van der Waals surface area (Å²) in [5.41, 5.74) is 2.11. The van der Waals surface area contributed by atoms with Crippen LogP contribution in [0.25, 0.3) is 6.08 Å². The predicted octanol–water partition coefficient (Wildman–Crippen LogP) is 5.01. The van der Waals surface area contributed by atoms with Crippen molar-refractivity contribution in [3.05, 3.63) is 69.7 Å². The van der Waals surface area contributed by atoms with Crippen LogP contribution in [0, 0.1) is 0 Å². The van der Waals surface area contributed by atoms with Gasteiger partial charge in [-0.3, -0.25) is 9.59 Å². The van der Waals surface area contributed by atoms with E-state index in [2.05, 4.69) is 5.32 Å². The summed E-state index contributed by atoms with van der Waals surface area (Å²) >= 11 is 12.2. The van der Waals surface area contributed by atoms with Gasteiger partial charge in [0.25, 0.3) is 0 Å². The van der Waals surface area contributed by atoms with Crippen LogP contribution in [0.15, 0.2) is 48.5 Å². The lowest BCUT2D eigenvalue weighted by Gasteiger charge is -2.20. The van der Waals surface area contributed by atoms with Gasteiger partial charge in [0, 0.05) is 47.4 Å². The largest absolute Gasteiger partial charge is 0.339 e. The molecule has 0 aliphatic heterocycles. The van der Waals surface area contributed by atoms with Crippen LogP contribution in [-0.4, -0.2) is 23.3 Å². The minimum atomic E-state index is -0.306. The smallest absolute Gasteiger partial charge is 0.248 e. The molecule has 0 aromatic heterocycles. The van der Waals surface area contributed by atoms with Crippen LogP contribution >= 0.6 is 23.2 Å². The second-order valence-electron chi connectivity index (χ2n) is 5.65. The molecule has 0 fully saturated rings. The number of para-hydroxylation sites is 1. The molecule has 0 bridgehead atoms. The molecule has 2 aromatic rings. The van der Waals surface area contributed by atoms with Crippen LogP contribution in [0.2, 0.25) is 10.0 Å². The summed E-state index contributed by atoms with van der Waals surface area (Å²) in [7, 11) is 0. The number of carbonyl (C=O) groups is 2. The summed E-state index contributed by atoms with van der Waals surface area (Å²) in [4.78, 5) is 25.6. The Morgan fingerprint density at radius 3 is 2.35 bits per heavy atom. The van der Waals surface area contributed by atoms with Crippen LogP contribution in [0.3, 0.4) is 0 Å². The third-order valence-electron chi connectivity index (χ3n) is 3.86. The fourth-order valence-corrected chi connectivity index (χ4v) is 2.96. The van der Waals surface area contributed by atoms with Gasteiger partial charge >= 0.3 is 0 Å². The van der Waals surface area contributed by atoms with Crippen molar-refractivity contribution in [3.63, 3.8) is 0 Å². The summed E-state index contributed by atoms with van der Waals surface area (Å²) in [5.74, 6) is -0.318. The number of nitrogens with zero attached hydrogens (tertiary/aromatic N) is 1. The minimum Gasteiger partial charge on any atom is -0.339 e. The van der Waals surface area contributed by atoms with Crippen LogP contribution in [0.1, 0.15) is 25.0 Å². The van der Waals surface area contributed by atoms with E-state index in [1.54, 1.807) is 35.2 Å². The first-order valence-corrected chi connectivity index (χ1v) is 8.94. The van der Waals surface area contributed by atoms with E-state index in [1.165, 1.54) is 13.0 Å². The Hall–Kier alpha value is -2.30. The molecule has 0 saturated carbocycles. The van der Waals surface area contributed by atoms with Gasteiger partial charge < -0.3 is 10.2 Å². The second kappa shape index (κ2) is 9.41. The summed E-state index contributed by atoms with van der Waals surface area (Å²) in [6, 6.07) is 12.6. The van der Waals surface area contributed by atoms with Crippen molar-refractivity contribution >= 4 is 46.8 Å². The number of benzene rings is 2. The lowest BCUT2D eigenvalue weighted by molar-refractivity contribution is -0.129. The summed E-state index contributed by atoms with van der Waals surface area (Å²) in [6.45, 7) is 4.48. The molecule has 0 spiro atoms. The third kappa shape index (κ3) is 5.35. The van der Waals surface area contributed by atoms with Crippen LogP contribution in [-0.2, 0) is 16.1 Å². The fourth-order valence-electron chi connectivity index (χ4n) is 2.43. The molecule has 0 radical (unpaired) electrons. The van der Waals surface area contributed by atoms with Gasteiger partial charge in [-0.15, -0.1) is 0 Å². The molecule has 0 heterocycles. The standard InChI is InChI=1S/C20H20Cl2N2O2/c1-3-24(14(2)25)13-15-7-4-5-10-19(15)23-20(26)12-11-16-17(21)8-6-9-18(16)22/h4-12H,3,13H2,1-2H3,(H,23,26)/b12-11+. The van der Waals surface area contributed by atoms with Crippen molar-refractivity contribution in [3.8, 4) is 0 Å². The van der Waals surface area contributed by atoms with Gasteiger partial charge in [0.1, 0.15) is 0 Å². The Morgan fingerprint density at radius 1 is 1.08 bits per heavy atom. The van der Waals surface area contributed by atoms with Gasteiger partial charge in [-0.25, -0.2) is 0 Å². The van der Waals surface area contributed by atoms with Crippen molar-refractivity contribution in [1.29, 1.82) is 0 Å². The molecule has 0 atom stereocenters. The maximum atomic E-state index is 12.3. The SMILES string of the molecule is CCN(Cc1ccccc1NC(=O)/C=C/c1c(Cl)cccc1Cl)C(C)=O. The van der Waals surface area contributed by atoms with Crippen molar-refractivity contribution in [2.45, 2.75) is 20.4 Å². The van der Waals surface area contributed by atoms with Gasteiger partial charge in [0.2, 0.25) is 11.8 Å². The zero-order valence-corrected chi connectivity index (χ0v) is 16.1. The van der Waals surface area contributed by atoms with E-state index in [0.29, 0.717) is 34.4 Å². The maximum absolute atomic E-state index is 12.3. The zero-order valence-electron chi connectivity index (χ0n) is 14.6. The molecule has 26 heavy (non-hydrogen) atoms. The van der Waals surface area contributed by atoms with E-state index in [9.17, 15) is 9.59 Å². The highest BCUT2D eigenvalue weighted by Crippen LogP contribution is 2.25. The van der Waals surface area contributed by atoms with E-state index in [-0.39, 0.29) is 11.8 Å². The number of anilines is 1. The number of rotatable bonds is 6. The highest BCUT2D eigenvalue weighted by Gasteiger charge is 2.11. The average Bonchev–Trinajstić information content (AvgIpc) is 2.60. The highest BCUT2D eigenvalue weighted by atomic mass is 35.5. The first kappa shape index (κ1) is 20.0. The molecule has 0 aliphatic carbocycles. The van der Waals surface area contributed by atoms with Gasteiger partial charge in [0.15, 0.2) is 0 Å². The van der Waals surface area contributed by atoms with Crippen molar-refractivity contribution in [2.24, 2.45) is 0 Å². The minimum absolute atomic E-state index is 0.0121. The first-order chi connectivity index (χ1) is 12.4. The normalized spacial score (nSPS) is 10.8. The predicted molar refractivity (Wildman–Crippen MR) is 107 cm³/mol. The van der Waals surface area contributed by atoms with Gasteiger partial charge in [-0.05, 0) is 36.8 Å². The molecule has 0 unspecified atom stereocenters. The Kier molecular flexibility index (Phi) is 7.25. The van der Waals surface area contributed by atoms with E-state index in [1.807, 2.05) is 25.1 Å². The van der Waals surface area contributed by atoms with Gasteiger partial charge in [-0.2, -0.15) is 0 Å². The number of hydrogen-bond donors (Lipinski definition) is 1. The molecular weight excluding hydrogens is 371 g/mol. The Labute approximate surface area is 163 Å². The summed E-state index contributed by atoms with van der Waals surface area (Å²) in [5, 5.41) is 3.79. The number of carbonyl (C=O) groups excluding carboxylic acids is 2. The quantitative estimate of drug-likeness (QED) is 0.704. The van der Waals surface area contributed by atoms with Crippen LogP contribution in [0.4, 0.5) is 5.69 Å². The second-order valence-corrected chi connectivity index (χ2v) is 6.46. The summed E-state index contributed by atoms with van der Waals surface area (Å²) in [6.07, 6.45) is 2.96. The lowest BCUT2D eigenvalue weighted by atomic mass is 10.1. The number of amides is 2. The Bertz CT molecular complexity index is 814. The van der Waals surface area contributed by atoms with Crippen LogP contribution < -0.4 is 5.32 Å². The molecule has 1 N–H and O–H groups in total. The molecule has 6 heteroatoms. The first-order valence-electron chi connectivity index (χ1n) is 8.18. The maximum Gasteiger partial charge on any atom is 0.248 e. The molecule has 2 amide bonds. The van der Waals surface area contributed by atoms with Crippen molar-refractivity contribution in [2.75, 3.05) is 11.9 Å². The molecule has 2 aromatic carbocycles. The van der Waals surface area contributed by atoms with Crippen LogP contribution in [0.5, 0.6) is 0 Å². The fraction of sp³-hybridized carbons (Fsp3) is 0.200. The van der Waals surface area contributed by atoms with Crippen molar-refractivity contribution < 1.29 is 9.59 Å². The van der Waals surface area contributed by atoms with E-state index < -0.39 is 0 Å². The average molecular weight is 391 g/mol. The third-order valence-corrected chi connectivity index (χ3v) is 4.52. The molecule has 4 nitrogen and oxygen atoms in total. The van der Waals surface area contributed by atoms with E-state index >= 15 is 0 Å². The monoisotopic (exact) mass is 390 g/mol. The number of nitrogens with one attached hydrogen (secondary N) is 1.